The van der Waals surface area contributed by atoms with Crippen LogP contribution in [0.3, 0.4) is 0 Å². The number of hydrogen-bond donors (Lipinski definition) is 2. The van der Waals surface area contributed by atoms with Crippen LogP contribution in [0.2, 0.25) is 5.15 Å². The molecule has 0 radical (unpaired) electrons. The number of pyridine rings is 1. The highest BCUT2D eigenvalue weighted by Gasteiger charge is 2.49. The van der Waals surface area contributed by atoms with Crippen LogP contribution < -0.4 is 10.6 Å². The highest BCUT2D eigenvalue weighted by Crippen LogP contribution is 2.43. The number of amides is 1. The first-order chi connectivity index (χ1) is 12.2. The third kappa shape index (κ3) is 3.33. The van der Waals surface area contributed by atoms with Crippen molar-refractivity contribution in [1.29, 1.82) is 0 Å². The molecule has 0 aromatic carbocycles. The lowest BCUT2D eigenvalue weighted by atomic mass is 10.0. The smallest absolute Gasteiger partial charge is 0.352 e. The van der Waals surface area contributed by atoms with Crippen LogP contribution in [-0.4, -0.2) is 50.4 Å². The summed E-state index contributed by atoms with van der Waals surface area (Å²) in [4.78, 5) is 31.5. The Bertz CT molecular complexity index is 781. The molecule has 1 fully saturated rings. The number of aromatic nitrogens is 1. The Morgan fingerprint density at radius 2 is 2.00 bits per heavy atom. The van der Waals surface area contributed by atoms with E-state index < -0.39 is 16.3 Å². The van der Waals surface area contributed by atoms with Crippen molar-refractivity contribution in [3.63, 3.8) is 0 Å². The van der Waals surface area contributed by atoms with Crippen LogP contribution in [0.4, 0.5) is 5.82 Å². The fourth-order valence-electron chi connectivity index (χ4n) is 3.60. The molecule has 0 bridgehead atoms. The van der Waals surface area contributed by atoms with Crippen molar-refractivity contribution in [3.8, 4) is 0 Å². The van der Waals surface area contributed by atoms with E-state index in [0.717, 1.165) is 25.9 Å². The third-order valence-electron chi connectivity index (χ3n) is 4.94. The van der Waals surface area contributed by atoms with Gasteiger partial charge in [0, 0.05) is 5.56 Å². The monoisotopic (exact) mass is 442 g/mol. The number of anilines is 1. The standard InChI is InChI=1S/C17H20BrClN4O3/c1-10-17(18,22-5-3-2-4-6-22)9-12(16(25)26)23(10)14-8-11(15(20)24)7-13(19)21-14/h7-10H,2-6H2,1H3,(H2,20,24)(H,25,26). The number of nitrogens with zero attached hydrogens (tertiary/aromatic N) is 3. The number of primary amides is 1. The molecule has 9 heteroatoms. The largest absolute Gasteiger partial charge is 0.477 e. The van der Waals surface area contributed by atoms with Gasteiger partial charge in [0.1, 0.15) is 21.1 Å². The van der Waals surface area contributed by atoms with Gasteiger partial charge in [-0.15, -0.1) is 0 Å². The van der Waals surface area contributed by atoms with Crippen LogP contribution in [0.5, 0.6) is 0 Å². The SMILES string of the molecule is CC1N(c2cc(C(N)=O)cc(Cl)n2)C(C(=O)O)=CC1(Br)N1CCCCC1. The molecule has 2 unspecified atom stereocenters. The first-order valence-corrected chi connectivity index (χ1v) is 9.58. The first-order valence-electron chi connectivity index (χ1n) is 8.41. The number of carbonyl (C=O) groups excluding carboxylic acids is 1. The van der Waals surface area contributed by atoms with Gasteiger partial charge in [-0.25, -0.2) is 9.78 Å². The number of rotatable bonds is 4. The van der Waals surface area contributed by atoms with E-state index in [-0.39, 0.29) is 28.3 Å². The van der Waals surface area contributed by atoms with E-state index in [1.165, 1.54) is 18.6 Å². The van der Waals surface area contributed by atoms with Crippen LogP contribution >= 0.6 is 27.5 Å². The molecular formula is C17H20BrClN4O3. The Morgan fingerprint density at radius 1 is 1.35 bits per heavy atom. The van der Waals surface area contributed by atoms with Gasteiger partial charge in [-0.1, -0.05) is 34.0 Å². The molecule has 0 saturated carbocycles. The molecule has 140 valence electrons. The molecule has 0 aliphatic carbocycles. The number of likely N-dealkylation sites (tertiary alicyclic amines) is 1. The summed E-state index contributed by atoms with van der Waals surface area (Å²) in [6, 6.07) is 2.55. The first kappa shape index (κ1) is 19.1. The molecule has 3 N–H and O–H groups in total. The molecule has 2 aliphatic heterocycles. The molecule has 1 saturated heterocycles. The zero-order valence-corrected chi connectivity index (χ0v) is 16.6. The van der Waals surface area contributed by atoms with Gasteiger partial charge in [-0.05, 0) is 51.1 Å². The zero-order chi connectivity index (χ0) is 19.1. The van der Waals surface area contributed by atoms with Crippen molar-refractivity contribution in [3.05, 3.63) is 34.6 Å². The maximum atomic E-state index is 11.9. The van der Waals surface area contributed by atoms with Crippen molar-refractivity contribution in [2.24, 2.45) is 5.73 Å². The highest BCUT2D eigenvalue weighted by atomic mass is 79.9. The van der Waals surface area contributed by atoms with Gasteiger partial charge in [0.2, 0.25) is 5.91 Å². The van der Waals surface area contributed by atoms with Crippen molar-refractivity contribution in [2.75, 3.05) is 18.0 Å². The number of nitrogens with two attached hydrogens (primary N) is 1. The van der Waals surface area contributed by atoms with Crippen LogP contribution in [0, 0.1) is 0 Å². The second-order valence-electron chi connectivity index (χ2n) is 6.56. The number of piperidine rings is 1. The van der Waals surface area contributed by atoms with E-state index in [1.54, 1.807) is 11.0 Å². The minimum atomic E-state index is -1.07. The maximum Gasteiger partial charge on any atom is 0.352 e. The number of aliphatic carboxylic acids is 1. The fourth-order valence-corrected chi connectivity index (χ4v) is 4.58. The van der Waals surface area contributed by atoms with Crippen molar-refractivity contribution < 1.29 is 14.7 Å². The van der Waals surface area contributed by atoms with E-state index in [2.05, 4.69) is 25.8 Å². The summed E-state index contributed by atoms with van der Waals surface area (Å²) in [7, 11) is 0. The number of carboxylic acids is 1. The van der Waals surface area contributed by atoms with Crippen LogP contribution in [0.1, 0.15) is 36.5 Å². The van der Waals surface area contributed by atoms with E-state index in [1.807, 2.05) is 6.92 Å². The summed E-state index contributed by atoms with van der Waals surface area (Å²) in [6.07, 6.45) is 5.01. The third-order valence-corrected chi connectivity index (χ3v) is 6.53. The molecule has 3 heterocycles. The molecule has 1 aromatic rings. The molecule has 2 aliphatic rings. The number of hydrogen-bond acceptors (Lipinski definition) is 5. The molecule has 7 nitrogen and oxygen atoms in total. The summed E-state index contributed by atoms with van der Waals surface area (Å²) < 4.78 is -0.641. The summed E-state index contributed by atoms with van der Waals surface area (Å²) in [6.45, 7) is 3.67. The lowest BCUT2D eigenvalue weighted by molar-refractivity contribution is -0.132. The zero-order valence-electron chi connectivity index (χ0n) is 14.3. The van der Waals surface area contributed by atoms with Gasteiger partial charge < -0.3 is 15.7 Å². The molecule has 1 aromatic heterocycles. The second kappa shape index (κ2) is 7.17. The average Bonchev–Trinajstić information content (AvgIpc) is 2.88. The Kier molecular flexibility index (Phi) is 5.28. The summed E-state index contributed by atoms with van der Waals surface area (Å²) in [5.41, 5.74) is 5.63. The molecule has 2 atom stereocenters. The lowest BCUT2D eigenvalue weighted by Crippen LogP contribution is -2.54. The second-order valence-corrected chi connectivity index (χ2v) is 8.21. The van der Waals surface area contributed by atoms with Gasteiger partial charge >= 0.3 is 5.97 Å². The number of alkyl halides is 1. The molecule has 3 rings (SSSR count). The minimum absolute atomic E-state index is 0.0817. The average molecular weight is 444 g/mol. The van der Waals surface area contributed by atoms with Gasteiger partial charge in [-0.3, -0.25) is 9.69 Å². The van der Waals surface area contributed by atoms with E-state index in [4.69, 9.17) is 17.3 Å². The van der Waals surface area contributed by atoms with E-state index >= 15 is 0 Å². The maximum absolute atomic E-state index is 11.9. The van der Waals surface area contributed by atoms with E-state index in [0.29, 0.717) is 0 Å². The Balaban J connectivity index is 2.05. The quantitative estimate of drug-likeness (QED) is 0.421. The van der Waals surface area contributed by atoms with Crippen LogP contribution in [0.25, 0.3) is 0 Å². The van der Waals surface area contributed by atoms with Crippen molar-refractivity contribution in [1.82, 2.24) is 9.88 Å². The Hall–Kier alpha value is -1.64. The fraction of sp³-hybridized carbons (Fsp3) is 0.471. The predicted molar refractivity (Wildman–Crippen MR) is 103 cm³/mol. The number of halogens is 2. The molecule has 0 spiro atoms. The number of carboxylic acid groups (broad SMARTS) is 1. The Labute approximate surface area is 164 Å². The van der Waals surface area contributed by atoms with Gasteiger partial charge in [-0.2, -0.15) is 0 Å². The topological polar surface area (TPSA) is 99.8 Å². The minimum Gasteiger partial charge on any atom is -0.477 e. The lowest BCUT2D eigenvalue weighted by Gasteiger charge is -2.42. The van der Waals surface area contributed by atoms with Gasteiger partial charge in [0.05, 0.1) is 6.04 Å². The summed E-state index contributed by atoms with van der Waals surface area (Å²) >= 11 is 9.81. The van der Waals surface area contributed by atoms with Crippen molar-refractivity contribution in [2.45, 2.75) is 36.7 Å². The molecule has 1 amide bonds. The van der Waals surface area contributed by atoms with Crippen LogP contribution in [0.15, 0.2) is 23.9 Å². The molecular weight excluding hydrogens is 424 g/mol. The van der Waals surface area contributed by atoms with E-state index in [9.17, 15) is 14.7 Å². The summed E-state index contributed by atoms with van der Waals surface area (Å²) in [5, 5.41) is 9.82. The Morgan fingerprint density at radius 3 is 2.58 bits per heavy atom. The summed E-state index contributed by atoms with van der Waals surface area (Å²) in [5.74, 6) is -1.44. The highest BCUT2D eigenvalue weighted by molar-refractivity contribution is 9.10. The van der Waals surface area contributed by atoms with Crippen LogP contribution in [-0.2, 0) is 4.79 Å². The normalized spacial score (nSPS) is 26.7. The van der Waals surface area contributed by atoms with Crippen molar-refractivity contribution >= 4 is 45.2 Å². The van der Waals surface area contributed by atoms with Gasteiger partial charge in [0.25, 0.3) is 0 Å². The molecule has 26 heavy (non-hydrogen) atoms. The predicted octanol–water partition coefficient (Wildman–Crippen LogP) is 2.59. The van der Waals surface area contributed by atoms with Gasteiger partial charge in [0.15, 0.2) is 0 Å². The number of carbonyl (C=O) groups is 2.